The lowest BCUT2D eigenvalue weighted by Crippen LogP contribution is -2.46. The summed E-state index contributed by atoms with van der Waals surface area (Å²) in [6, 6.07) is 20.5. The van der Waals surface area contributed by atoms with Gasteiger partial charge in [-0.2, -0.15) is 0 Å². The van der Waals surface area contributed by atoms with Gasteiger partial charge in [0.05, 0.1) is 13.7 Å². The van der Waals surface area contributed by atoms with Gasteiger partial charge in [0, 0.05) is 28.4 Å². The van der Waals surface area contributed by atoms with Crippen LogP contribution >= 0.6 is 0 Å². The lowest BCUT2D eigenvalue weighted by atomic mass is 10.0. The van der Waals surface area contributed by atoms with E-state index in [4.69, 9.17) is 4.74 Å². The largest absolute Gasteiger partial charge is 0.497 e. The Labute approximate surface area is 179 Å². The van der Waals surface area contributed by atoms with Crippen LogP contribution in [0.2, 0.25) is 0 Å². The summed E-state index contributed by atoms with van der Waals surface area (Å²) >= 11 is 0. The Morgan fingerprint density at radius 1 is 0.871 bits per heavy atom. The number of ether oxygens (including phenoxy) is 1. The molecular formula is C24H22N2O5. The van der Waals surface area contributed by atoms with Crippen LogP contribution in [-0.2, 0) is 4.79 Å². The van der Waals surface area contributed by atoms with Crippen LogP contribution < -0.4 is 15.4 Å². The molecule has 7 nitrogen and oxygen atoms in total. The minimum atomic E-state index is -1.17. The molecule has 1 atom stereocenters. The van der Waals surface area contributed by atoms with Crippen LogP contribution in [0.5, 0.6) is 5.75 Å². The van der Waals surface area contributed by atoms with E-state index in [1.165, 1.54) is 19.2 Å². The summed E-state index contributed by atoms with van der Waals surface area (Å²) in [5, 5.41) is 14.7. The first kappa shape index (κ1) is 21.7. The van der Waals surface area contributed by atoms with Crippen molar-refractivity contribution in [3.63, 3.8) is 0 Å². The molecule has 7 heteroatoms. The Kier molecular flexibility index (Phi) is 7.13. The number of nitrogens with one attached hydrogen (secondary N) is 2. The average Bonchev–Trinajstić information content (AvgIpc) is 2.82. The van der Waals surface area contributed by atoms with Gasteiger partial charge in [0.15, 0.2) is 5.78 Å². The maximum atomic E-state index is 12.6. The monoisotopic (exact) mass is 418 g/mol. The number of anilines is 1. The van der Waals surface area contributed by atoms with E-state index in [0.29, 0.717) is 22.6 Å². The molecule has 3 rings (SSSR count). The lowest BCUT2D eigenvalue weighted by Gasteiger charge is -2.17. The van der Waals surface area contributed by atoms with Crippen molar-refractivity contribution in [2.45, 2.75) is 6.04 Å². The summed E-state index contributed by atoms with van der Waals surface area (Å²) in [5.41, 5.74) is 1.52. The first-order valence-corrected chi connectivity index (χ1v) is 9.58. The minimum absolute atomic E-state index is 0.203. The van der Waals surface area contributed by atoms with Crippen LogP contribution in [0.3, 0.4) is 0 Å². The quantitative estimate of drug-likeness (QED) is 0.488. The Morgan fingerprint density at radius 3 is 2.26 bits per heavy atom. The highest BCUT2D eigenvalue weighted by Crippen LogP contribution is 2.17. The Bertz CT molecular complexity index is 1080. The molecule has 2 amide bonds. The van der Waals surface area contributed by atoms with Crippen molar-refractivity contribution < 1.29 is 24.2 Å². The number of carbonyl (C=O) groups excluding carboxylic acids is 3. The van der Waals surface area contributed by atoms with Crippen molar-refractivity contribution in [2.75, 3.05) is 19.0 Å². The highest BCUT2D eigenvalue weighted by Gasteiger charge is 2.21. The maximum absolute atomic E-state index is 12.6. The standard InChI is InChI=1S/C24H22N2O5/c1-31-20-12-6-11-19(14-20)25-24(30)21(15-27)26-23(29)18-10-5-9-17(13-18)22(28)16-7-3-2-4-8-16/h2-14,21,27H,15H2,1H3,(H,25,30)(H,26,29)/t21-/m0/s1. The second kappa shape index (κ2) is 10.2. The first-order valence-electron chi connectivity index (χ1n) is 9.58. The molecule has 3 N–H and O–H groups in total. The molecule has 0 unspecified atom stereocenters. The van der Waals surface area contributed by atoms with E-state index in [0.717, 1.165) is 0 Å². The first-order chi connectivity index (χ1) is 15.0. The average molecular weight is 418 g/mol. The van der Waals surface area contributed by atoms with Gasteiger partial charge in [-0.15, -0.1) is 0 Å². The lowest BCUT2D eigenvalue weighted by molar-refractivity contribution is -0.118. The molecule has 3 aromatic carbocycles. The fraction of sp³-hybridized carbons (Fsp3) is 0.125. The van der Waals surface area contributed by atoms with Gasteiger partial charge in [0.25, 0.3) is 5.91 Å². The normalized spacial score (nSPS) is 11.3. The molecule has 0 bridgehead atoms. The Balaban J connectivity index is 1.70. The summed E-state index contributed by atoms with van der Waals surface area (Å²) in [5.74, 6) is -0.824. The Hall–Kier alpha value is -3.97. The van der Waals surface area contributed by atoms with Crippen molar-refractivity contribution in [2.24, 2.45) is 0 Å². The molecule has 0 saturated carbocycles. The molecule has 0 aliphatic rings. The Morgan fingerprint density at radius 2 is 1.55 bits per heavy atom. The number of carbonyl (C=O) groups is 3. The summed E-state index contributed by atoms with van der Waals surface area (Å²) in [4.78, 5) is 37.8. The molecule has 0 spiro atoms. The summed E-state index contributed by atoms with van der Waals surface area (Å²) in [7, 11) is 1.51. The van der Waals surface area contributed by atoms with Crippen molar-refractivity contribution in [1.29, 1.82) is 0 Å². The number of hydrogen-bond acceptors (Lipinski definition) is 5. The summed E-state index contributed by atoms with van der Waals surface area (Å²) in [6.07, 6.45) is 0. The van der Waals surface area contributed by atoms with Crippen molar-refractivity contribution in [1.82, 2.24) is 5.32 Å². The third-order valence-corrected chi connectivity index (χ3v) is 4.56. The number of aliphatic hydroxyl groups is 1. The van der Waals surface area contributed by atoms with E-state index in [1.807, 2.05) is 6.07 Å². The predicted molar refractivity (Wildman–Crippen MR) is 116 cm³/mol. The molecule has 0 fully saturated rings. The van der Waals surface area contributed by atoms with E-state index >= 15 is 0 Å². The van der Waals surface area contributed by atoms with E-state index < -0.39 is 24.5 Å². The van der Waals surface area contributed by atoms with Gasteiger partial charge in [-0.25, -0.2) is 0 Å². The van der Waals surface area contributed by atoms with Crippen molar-refractivity contribution in [3.05, 3.63) is 95.6 Å². The highest BCUT2D eigenvalue weighted by molar-refractivity contribution is 6.10. The van der Waals surface area contributed by atoms with Crippen LogP contribution in [-0.4, -0.2) is 42.5 Å². The minimum Gasteiger partial charge on any atom is -0.497 e. The van der Waals surface area contributed by atoms with Crippen LogP contribution in [0.1, 0.15) is 26.3 Å². The fourth-order valence-electron chi connectivity index (χ4n) is 2.92. The molecule has 0 aliphatic carbocycles. The van der Waals surface area contributed by atoms with E-state index in [1.54, 1.807) is 60.7 Å². The van der Waals surface area contributed by atoms with Crippen LogP contribution in [0, 0.1) is 0 Å². The molecule has 31 heavy (non-hydrogen) atoms. The predicted octanol–water partition coefficient (Wildman–Crippen LogP) is 2.66. The van der Waals surface area contributed by atoms with E-state index in [2.05, 4.69) is 10.6 Å². The molecule has 0 aliphatic heterocycles. The SMILES string of the molecule is COc1cccc(NC(=O)[C@H](CO)NC(=O)c2cccc(C(=O)c3ccccc3)c2)c1. The maximum Gasteiger partial charge on any atom is 0.252 e. The number of aliphatic hydroxyl groups excluding tert-OH is 1. The molecule has 0 radical (unpaired) electrons. The van der Waals surface area contributed by atoms with E-state index in [-0.39, 0.29) is 11.3 Å². The third-order valence-electron chi connectivity index (χ3n) is 4.56. The van der Waals surface area contributed by atoms with Crippen LogP contribution in [0.25, 0.3) is 0 Å². The fourth-order valence-corrected chi connectivity index (χ4v) is 2.92. The molecule has 0 saturated heterocycles. The van der Waals surface area contributed by atoms with Crippen LogP contribution in [0.4, 0.5) is 5.69 Å². The number of amides is 2. The van der Waals surface area contributed by atoms with Gasteiger partial charge in [-0.1, -0.05) is 48.5 Å². The second-order valence-electron chi connectivity index (χ2n) is 6.71. The zero-order valence-corrected chi connectivity index (χ0v) is 16.9. The molecule has 0 aromatic heterocycles. The van der Waals surface area contributed by atoms with Gasteiger partial charge < -0.3 is 20.5 Å². The third kappa shape index (κ3) is 5.55. The summed E-state index contributed by atoms with van der Waals surface area (Å²) in [6.45, 7) is -0.593. The van der Waals surface area contributed by atoms with Gasteiger partial charge >= 0.3 is 0 Å². The second-order valence-corrected chi connectivity index (χ2v) is 6.71. The molecular weight excluding hydrogens is 396 g/mol. The smallest absolute Gasteiger partial charge is 0.252 e. The number of ketones is 1. The van der Waals surface area contributed by atoms with E-state index in [9.17, 15) is 19.5 Å². The van der Waals surface area contributed by atoms with Crippen molar-refractivity contribution >= 4 is 23.3 Å². The number of hydrogen-bond donors (Lipinski definition) is 3. The number of benzene rings is 3. The highest BCUT2D eigenvalue weighted by atomic mass is 16.5. The van der Waals surface area contributed by atoms with Gasteiger partial charge in [-0.05, 0) is 24.3 Å². The van der Waals surface area contributed by atoms with Crippen LogP contribution in [0.15, 0.2) is 78.9 Å². The summed E-state index contributed by atoms with van der Waals surface area (Å²) < 4.78 is 5.11. The van der Waals surface area contributed by atoms with Crippen molar-refractivity contribution in [3.8, 4) is 5.75 Å². The zero-order valence-electron chi connectivity index (χ0n) is 16.9. The molecule has 158 valence electrons. The molecule has 0 heterocycles. The number of rotatable bonds is 8. The number of methoxy groups -OCH3 is 1. The van der Waals surface area contributed by atoms with Gasteiger partial charge in [0.1, 0.15) is 11.8 Å². The zero-order chi connectivity index (χ0) is 22.2. The van der Waals surface area contributed by atoms with Gasteiger partial charge in [-0.3, -0.25) is 14.4 Å². The van der Waals surface area contributed by atoms with Gasteiger partial charge in [0.2, 0.25) is 5.91 Å². The molecule has 3 aromatic rings. The topological polar surface area (TPSA) is 105 Å².